The second-order valence-corrected chi connectivity index (χ2v) is 6.32. The summed E-state index contributed by atoms with van der Waals surface area (Å²) in [5, 5.41) is 1.96. The molecule has 0 N–H and O–H groups in total. The van der Waals surface area contributed by atoms with E-state index < -0.39 is 0 Å². The third-order valence-corrected chi connectivity index (χ3v) is 4.89. The molecule has 1 heterocycles. The van der Waals surface area contributed by atoms with E-state index in [4.69, 9.17) is 0 Å². The largest absolute Gasteiger partial charge is 0.303 e. The molecule has 4 heteroatoms. The van der Waals surface area contributed by atoms with Crippen molar-refractivity contribution in [3.05, 3.63) is 22.4 Å². The molecule has 0 saturated carbocycles. The lowest BCUT2D eigenvalue weighted by Gasteiger charge is -2.17. The van der Waals surface area contributed by atoms with Crippen LogP contribution in [0.3, 0.4) is 0 Å². The summed E-state index contributed by atoms with van der Waals surface area (Å²) in [7, 11) is 0. The van der Waals surface area contributed by atoms with Crippen LogP contribution in [0.5, 0.6) is 0 Å². The first-order chi connectivity index (χ1) is 8.77. The maximum absolute atomic E-state index is 11.7. The molecule has 0 atom stereocenters. The van der Waals surface area contributed by atoms with Crippen LogP contribution in [0.1, 0.15) is 36.4 Å². The summed E-state index contributed by atoms with van der Waals surface area (Å²) in [4.78, 5) is 15.1. The van der Waals surface area contributed by atoms with E-state index in [9.17, 15) is 4.79 Å². The van der Waals surface area contributed by atoms with Gasteiger partial charge in [0.15, 0.2) is 5.78 Å². The van der Waals surface area contributed by atoms with E-state index in [2.05, 4.69) is 18.7 Å². The molecule has 0 fully saturated rings. The Hall–Kier alpha value is -0.320. The normalized spacial score (nSPS) is 11.1. The predicted octanol–water partition coefficient (Wildman–Crippen LogP) is 3.79. The minimum atomic E-state index is 0.300. The van der Waals surface area contributed by atoms with Crippen LogP contribution in [0.15, 0.2) is 17.5 Å². The van der Waals surface area contributed by atoms with Gasteiger partial charge in [0, 0.05) is 18.7 Å². The molecule has 0 aromatic carbocycles. The lowest BCUT2D eigenvalue weighted by atomic mass is 10.2. The summed E-state index contributed by atoms with van der Waals surface area (Å²) in [5.41, 5.74) is 0. The fraction of sp³-hybridized carbons (Fsp3) is 0.643. The van der Waals surface area contributed by atoms with Gasteiger partial charge in [-0.05, 0) is 36.7 Å². The maximum Gasteiger partial charge on any atom is 0.172 e. The standard InChI is InChI=1S/C14H23NOS2/c1-3-15(4-2)9-12-17-10-5-7-13(16)14-8-6-11-18-14/h6,8,11H,3-5,7,9-10,12H2,1-2H3. The number of thiophene rings is 1. The lowest BCUT2D eigenvalue weighted by molar-refractivity contribution is 0.0986. The molecular formula is C14H23NOS2. The molecule has 1 rings (SSSR count). The zero-order valence-electron chi connectivity index (χ0n) is 11.4. The second-order valence-electron chi connectivity index (χ2n) is 4.14. The lowest BCUT2D eigenvalue weighted by Crippen LogP contribution is -2.25. The molecule has 0 unspecified atom stereocenters. The van der Waals surface area contributed by atoms with Crippen molar-refractivity contribution >= 4 is 28.9 Å². The molecule has 0 saturated heterocycles. The highest BCUT2D eigenvalue weighted by molar-refractivity contribution is 7.99. The third kappa shape index (κ3) is 6.03. The molecule has 2 nitrogen and oxygen atoms in total. The first kappa shape index (κ1) is 15.7. The van der Waals surface area contributed by atoms with E-state index in [1.165, 1.54) is 5.75 Å². The molecule has 1 aromatic heterocycles. The number of thioether (sulfide) groups is 1. The Morgan fingerprint density at radius 2 is 2.11 bits per heavy atom. The highest BCUT2D eigenvalue weighted by atomic mass is 32.2. The molecule has 0 aliphatic heterocycles. The number of ketones is 1. The van der Waals surface area contributed by atoms with Gasteiger partial charge in [0.2, 0.25) is 0 Å². The van der Waals surface area contributed by atoms with Gasteiger partial charge in [-0.3, -0.25) is 4.79 Å². The Kier molecular flexibility index (Phi) is 8.38. The van der Waals surface area contributed by atoms with Crippen molar-refractivity contribution in [2.24, 2.45) is 0 Å². The van der Waals surface area contributed by atoms with Crippen LogP contribution in [0.2, 0.25) is 0 Å². The molecule has 0 aliphatic carbocycles. The first-order valence-electron chi connectivity index (χ1n) is 6.64. The van der Waals surface area contributed by atoms with Crippen LogP contribution >= 0.6 is 23.1 Å². The van der Waals surface area contributed by atoms with E-state index in [0.29, 0.717) is 12.2 Å². The number of carbonyl (C=O) groups excluding carboxylic acids is 1. The van der Waals surface area contributed by atoms with Crippen LogP contribution < -0.4 is 0 Å². The van der Waals surface area contributed by atoms with Crippen LogP contribution in [0.25, 0.3) is 0 Å². The van der Waals surface area contributed by atoms with Gasteiger partial charge in [0.05, 0.1) is 4.88 Å². The van der Waals surface area contributed by atoms with Gasteiger partial charge in [-0.1, -0.05) is 19.9 Å². The summed E-state index contributed by atoms with van der Waals surface area (Å²) in [5.74, 6) is 2.57. The van der Waals surface area contributed by atoms with Gasteiger partial charge >= 0.3 is 0 Å². The zero-order valence-corrected chi connectivity index (χ0v) is 13.0. The second kappa shape index (κ2) is 9.59. The van der Waals surface area contributed by atoms with E-state index >= 15 is 0 Å². The number of Topliss-reactive ketones (excluding diaryl/α,β-unsaturated/α-hetero) is 1. The van der Waals surface area contributed by atoms with Crippen molar-refractivity contribution in [2.75, 3.05) is 31.1 Å². The van der Waals surface area contributed by atoms with Gasteiger partial charge in [0.25, 0.3) is 0 Å². The smallest absolute Gasteiger partial charge is 0.172 e. The van der Waals surface area contributed by atoms with Crippen molar-refractivity contribution in [1.82, 2.24) is 4.90 Å². The average molecular weight is 285 g/mol. The van der Waals surface area contributed by atoms with Crippen LogP contribution in [-0.2, 0) is 0 Å². The molecule has 0 aliphatic rings. The Morgan fingerprint density at radius 3 is 2.72 bits per heavy atom. The van der Waals surface area contributed by atoms with Gasteiger partial charge in [0.1, 0.15) is 0 Å². The quantitative estimate of drug-likeness (QED) is 0.482. The summed E-state index contributed by atoms with van der Waals surface area (Å²) < 4.78 is 0. The predicted molar refractivity (Wildman–Crippen MR) is 83.0 cm³/mol. The number of nitrogens with zero attached hydrogens (tertiary/aromatic N) is 1. The number of rotatable bonds is 10. The topological polar surface area (TPSA) is 20.3 Å². The number of hydrogen-bond donors (Lipinski definition) is 0. The van der Waals surface area contributed by atoms with Crippen molar-refractivity contribution in [3.8, 4) is 0 Å². The molecule has 0 bridgehead atoms. The fourth-order valence-corrected chi connectivity index (χ4v) is 3.37. The highest BCUT2D eigenvalue weighted by Gasteiger charge is 2.06. The van der Waals surface area contributed by atoms with Crippen molar-refractivity contribution in [3.63, 3.8) is 0 Å². The van der Waals surface area contributed by atoms with Gasteiger partial charge in [-0.25, -0.2) is 0 Å². The number of carbonyl (C=O) groups is 1. The van der Waals surface area contributed by atoms with Gasteiger partial charge in [-0.15, -0.1) is 11.3 Å². The van der Waals surface area contributed by atoms with Crippen molar-refractivity contribution in [1.29, 1.82) is 0 Å². The SMILES string of the molecule is CCN(CC)CCSCCCC(=O)c1cccs1. The summed E-state index contributed by atoms with van der Waals surface area (Å²) in [6.07, 6.45) is 1.69. The first-order valence-corrected chi connectivity index (χ1v) is 8.68. The minimum absolute atomic E-state index is 0.300. The monoisotopic (exact) mass is 285 g/mol. The minimum Gasteiger partial charge on any atom is -0.303 e. The van der Waals surface area contributed by atoms with Gasteiger partial charge in [-0.2, -0.15) is 11.8 Å². The Morgan fingerprint density at radius 1 is 1.33 bits per heavy atom. The van der Waals surface area contributed by atoms with Crippen molar-refractivity contribution < 1.29 is 4.79 Å². The fourth-order valence-electron chi connectivity index (χ4n) is 1.73. The molecule has 0 radical (unpaired) electrons. The average Bonchev–Trinajstić information content (AvgIpc) is 2.92. The molecule has 0 amide bonds. The van der Waals surface area contributed by atoms with Gasteiger partial charge < -0.3 is 4.90 Å². The van der Waals surface area contributed by atoms with E-state index in [-0.39, 0.29) is 0 Å². The summed E-state index contributed by atoms with van der Waals surface area (Å²) in [6.45, 7) is 7.83. The molecule has 102 valence electrons. The van der Waals surface area contributed by atoms with Crippen molar-refractivity contribution in [2.45, 2.75) is 26.7 Å². The van der Waals surface area contributed by atoms with Crippen LogP contribution in [0, 0.1) is 0 Å². The molecule has 0 spiro atoms. The zero-order chi connectivity index (χ0) is 13.2. The maximum atomic E-state index is 11.7. The Balaban J connectivity index is 2.00. The highest BCUT2D eigenvalue weighted by Crippen LogP contribution is 2.13. The Labute approximate surface area is 119 Å². The van der Waals surface area contributed by atoms with E-state index in [1.807, 2.05) is 29.3 Å². The number of hydrogen-bond acceptors (Lipinski definition) is 4. The summed E-state index contributed by atoms with van der Waals surface area (Å²) in [6, 6.07) is 3.86. The van der Waals surface area contributed by atoms with E-state index in [1.54, 1.807) is 11.3 Å². The molecule has 1 aromatic rings. The summed E-state index contributed by atoms with van der Waals surface area (Å²) >= 11 is 3.51. The van der Waals surface area contributed by atoms with Crippen LogP contribution in [-0.4, -0.2) is 41.8 Å². The molecular weight excluding hydrogens is 262 g/mol. The Bertz CT molecular complexity index is 321. The van der Waals surface area contributed by atoms with E-state index in [0.717, 1.165) is 36.7 Å². The third-order valence-electron chi connectivity index (χ3n) is 2.93. The van der Waals surface area contributed by atoms with Crippen LogP contribution in [0.4, 0.5) is 0 Å². The molecule has 18 heavy (non-hydrogen) atoms.